The van der Waals surface area contributed by atoms with Crippen LogP contribution in [-0.4, -0.2) is 5.97 Å². The number of ether oxygens (including phenoxy) is 1. The third-order valence-electron chi connectivity index (χ3n) is 4.17. The molecule has 0 aliphatic carbocycles. The van der Waals surface area contributed by atoms with Crippen LogP contribution < -0.4 is 0 Å². The molecule has 0 fully saturated rings. The van der Waals surface area contributed by atoms with Gasteiger partial charge >= 0.3 is 5.97 Å². The Labute approximate surface area is 170 Å². The van der Waals surface area contributed by atoms with Crippen molar-refractivity contribution in [3.8, 4) is 11.3 Å². The molecule has 1 aliphatic heterocycles. The zero-order chi connectivity index (χ0) is 19.0. The smallest absolute Gasteiger partial charge is 0.343 e. The summed E-state index contributed by atoms with van der Waals surface area (Å²) in [7, 11) is 0. The molecule has 0 saturated carbocycles. The first-order valence-electron chi connectivity index (χ1n) is 8.27. The average Bonchev–Trinajstić information content (AvgIpc) is 3.23. The van der Waals surface area contributed by atoms with E-state index in [4.69, 9.17) is 20.8 Å². The fourth-order valence-corrected chi connectivity index (χ4v) is 3.61. The SMILES string of the molecule is Cc1ccc(-c2ccc(/C=C3/C=C(c4ccc(Cl)cc4)OC3=O)o2)c(Br)c1. The standard InChI is InChI=1S/C22H14BrClO3/c1-13-2-8-18(19(23)10-13)20-9-7-17(26-20)11-15-12-21(27-22(15)25)14-3-5-16(24)6-4-14/h2-12H,1H3/b15-11-. The lowest BCUT2D eigenvalue weighted by Crippen LogP contribution is -1.96. The van der Waals surface area contributed by atoms with Crippen molar-refractivity contribution in [3.05, 3.63) is 92.6 Å². The van der Waals surface area contributed by atoms with E-state index in [1.54, 1.807) is 24.3 Å². The Hall–Kier alpha value is -2.56. The first kappa shape index (κ1) is 17.8. The number of rotatable bonds is 3. The molecule has 0 atom stereocenters. The molecule has 4 rings (SSSR count). The molecule has 0 radical (unpaired) electrons. The summed E-state index contributed by atoms with van der Waals surface area (Å²) in [4.78, 5) is 12.2. The van der Waals surface area contributed by atoms with E-state index in [1.165, 1.54) is 0 Å². The van der Waals surface area contributed by atoms with Gasteiger partial charge in [-0.25, -0.2) is 4.79 Å². The topological polar surface area (TPSA) is 39.4 Å². The monoisotopic (exact) mass is 440 g/mol. The summed E-state index contributed by atoms with van der Waals surface area (Å²) in [5.41, 5.74) is 3.34. The predicted octanol–water partition coefficient (Wildman–Crippen LogP) is 6.65. The summed E-state index contributed by atoms with van der Waals surface area (Å²) in [5, 5.41) is 0.629. The molecule has 2 aromatic carbocycles. The summed E-state index contributed by atoms with van der Waals surface area (Å²) >= 11 is 9.46. The van der Waals surface area contributed by atoms with Crippen LogP contribution in [0.5, 0.6) is 0 Å². The van der Waals surface area contributed by atoms with Gasteiger partial charge in [-0.3, -0.25) is 0 Å². The van der Waals surface area contributed by atoms with Crippen molar-refractivity contribution < 1.29 is 13.9 Å². The van der Waals surface area contributed by atoms with Gasteiger partial charge in [-0.2, -0.15) is 0 Å². The van der Waals surface area contributed by atoms with Crippen LogP contribution in [0.2, 0.25) is 5.02 Å². The summed E-state index contributed by atoms with van der Waals surface area (Å²) in [6, 6.07) is 16.9. The molecular formula is C22H14BrClO3. The van der Waals surface area contributed by atoms with Gasteiger partial charge in [0, 0.05) is 20.6 Å². The van der Waals surface area contributed by atoms with Crippen molar-refractivity contribution in [2.75, 3.05) is 0 Å². The van der Waals surface area contributed by atoms with Crippen molar-refractivity contribution >= 4 is 45.3 Å². The quantitative estimate of drug-likeness (QED) is 0.337. The highest BCUT2D eigenvalue weighted by Gasteiger charge is 2.22. The second-order valence-corrected chi connectivity index (χ2v) is 7.48. The number of furan rings is 1. The fraction of sp³-hybridized carbons (Fsp3) is 0.0455. The molecule has 5 heteroatoms. The second-order valence-electron chi connectivity index (χ2n) is 6.19. The molecule has 0 saturated heterocycles. The Morgan fingerprint density at radius 3 is 2.56 bits per heavy atom. The van der Waals surface area contributed by atoms with Crippen LogP contribution in [-0.2, 0) is 9.53 Å². The van der Waals surface area contributed by atoms with E-state index in [2.05, 4.69) is 15.9 Å². The van der Waals surface area contributed by atoms with E-state index in [-0.39, 0.29) is 0 Å². The molecule has 2 heterocycles. The Bertz CT molecular complexity index is 1090. The van der Waals surface area contributed by atoms with Gasteiger partial charge in [0.05, 0.1) is 5.57 Å². The van der Waals surface area contributed by atoms with Crippen LogP contribution >= 0.6 is 27.5 Å². The minimum Gasteiger partial charge on any atom is -0.457 e. The summed E-state index contributed by atoms with van der Waals surface area (Å²) in [6.45, 7) is 2.03. The van der Waals surface area contributed by atoms with E-state index in [9.17, 15) is 4.79 Å². The molecule has 0 bridgehead atoms. The molecule has 3 nitrogen and oxygen atoms in total. The highest BCUT2D eigenvalue weighted by atomic mass is 79.9. The van der Waals surface area contributed by atoms with Gasteiger partial charge in [0.15, 0.2) is 0 Å². The number of hydrogen-bond donors (Lipinski definition) is 0. The van der Waals surface area contributed by atoms with E-state index in [0.29, 0.717) is 22.1 Å². The maximum Gasteiger partial charge on any atom is 0.343 e. The van der Waals surface area contributed by atoms with Gasteiger partial charge in [-0.05, 0) is 73.2 Å². The van der Waals surface area contributed by atoms with Crippen LogP contribution in [0.25, 0.3) is 23.2 Å². The maximum absolute atomic E-state index is 12.2. The third kappa shape index (κ3) is 3.77. The zero-order valence-corrected chi connectivity index (χ0v) is 16.7. The van der Waals surface area contributed by atoms with Gasteiger partial charge < -0.3 is 9.15 Å². The van der Waals surface area contributed by atoms with E-state index in [0.717, 1.165) is 26.9 Å². The number of hydrogen-bond acceptors (Lipinski definition) is 3. The minimum absolute atomic E-state index is 0.408. The lowest BCUT2D eigenvalue weighted by atomic mass is 10.1. The molecule has 1 aliphatic rings. The first-order chi connectivity index (χ1) is 13.0. The van der Waals surface area contributed by atoms with Crippen molar-refractivity contribution in [1.82, 2.24) is 0 Å². The zero-order valence-electron chi connectivity index (χ0n) is 14.3. The predicted molar refractivity (Wildman–Crippen MR) is 110 cm³/mol. The van der Waals surface area contributed by atoms with Crippen LogP contribution in [0.3, 0.4) is 0 Å². The fourth-order valence-electron chi connectivity index (χ4n) is 2.79. The van der Waals surface area contributed by atoms with Crippen LogP contribution in [0.1, 0.15) is 16.9 Å². The maximum atomic E-state index is 12.2. The number of esters is 1. The van der Waals surface area contributed by atoms with Crippen LogP contribution in [0.15, 0.2) is 75.1 Å². The summed E-state index contributed by atoms with van der Waals surface area (Å²) < 4.78 is 12.2. The Kier molecular flexibility index (Phi) is 4.77. The Balaban J connectivity index is 1.63. The number of cyclic esters (lactones) is 1. The van der Waals surface area contributed by atoms with Crippen molar-refractivity contribution in [2.24, 2.45) is 0 Å². The molecule has 1 aromatic heterocycles. The third-order valence-corrected chi connectivity index (χ3v) is 5.08. The van der Waals surface area contributed by atoms with Gasteiger partial charge in [0.25, 0.3) is 0 Å². The number of benzene rings is 2. The molecule has 3 aromatic rings. The largest absolute Gasteiger partial charge is 0.457 e. The molecule has 0 amide bonds. The van der Waals surface area contributed by atoms with Gasteiger partial charge in [-0.1, -0.05) is 33.6 Å². The summed E-state index contributed by atoms with van der Waals surface area (Å²) in [6.07, 6.45) is 3.38. The lowest BCUT2D eigenvalue weighted by Gasteiger charge is -2.02. The van der Waals surface area contributed by atoms with Crippen LogP contribution in [0, 0.1) is 6.92 Å². The van der Waals surface area contributed by atoms with Crippen molar-refractivity contribution in [2.45, 2.75) is 6.92 Å². The molecule has 0 N–H and O–H groups in total. The van der Waals surface area contributed by atoms with Crippen molar-refractivity contribution in [3.63, 3.8) is 0 Å². The van der Waals surface area contributed by atoms with Crippen LogP contribution in [0.4, 0.5) is 0 Å². The minimum atomic E-state index is -0.408. The number of carbonyl (C=O) groups is 1. The molecule has 0 unspecified atom stereocenters. The van der Waals surface area contributed by atoms with Gasteiger partial charge in [0.2, 0.25) is 0 Å². The first-order valence-corrected chi connectivity index (χ1v) is 9.44. The molecular weight excluding hydrogens is 428 g/mol. The van der Waals surface area contributed by atoms with Crippen molar-refractivity contribution in [1.29, 1.82) is 0 Å². The van der Waals surface area contributed by atoms with E-state index >= 15 is 0 Å². The lowest BCUT2D eigenvalue weighted by molar-refractivity contribution is -0.130. The van der Waals surface area contributed by atoms with E-state index in [1.807, 2.05) is 49.4 Å². The average molecular weight is 442 g/mol. The molecule has 27 heavy (non-hydrogen) atoms. The molecule has 0 spiro atoms. The van der Waals surface area contributed by atoms with Gasteiger partial charge in [0.1, 0.15) is 17.3 Å². The van der Waals surface area contributed by atoms with Gasteiger partial charge in [-0.15, -0.1) is 0 Å². The van der Waals surface area contributed by atoms with E-state index < -0.39 is 5.97 Å². The molecule has 134 valence electrons. The highest BCUT2D eigenvalue weighted by Crippen LogP contribution is 2.32. The summed E-state index contributed by atoms with van der Waals surface area (Å²) in [5.74, 6) is 1.39. The number of halogens is 2. The normalized spacial score (nSPS) is 15.1. The Morgan fingerprint density at radius 2 is 1.81 bits per heavy atom. The number of aryl methyl sites for hydroxylation is 1. The highest BCUT2D eigenvalue weighted by molar-refractivity contribution is 9.10. The number of carbonyl (C=O) groups excluding carboxylic acids is 1. The Morgan fingerprint density at radius 1 is 1.04 bits per heavy atom. The second kappa shape index (κ2) is 7.22.